The lowest BCUT2D eigenvalue weighted by molar-refractivity contribution is -0.123. The molecule has 13 atom stereocenters. The van der Waals surface area contributed by atoms with Gasteiger partial charge in [-0.05, 0) is 190 Å². The summed E-state index contributed by atoms with van der Waals surface area (Å²) in [6.07, 6.45) is 20.9. The predicted octanol–water partition coefficient (Wildman–Crippen LogP) is 9.45. The van der Waals surface area contributed by atoms with E-state index in [0.717, 1.165) is 82.6 Å². The van der Waals surface area contributed by atoms with E-state index in [4.69, 9.17) is 5.73 Å². The molecule has 0 radical (unpaired) electrons. The molecule has 6 saturated carbocycles. The summed E-state index contributed by atoms with van der Waals surface area (Å²) in [6.45, 7) is 22.5. The van der Waals surface area contributed by atoms with Crippen LogP contribution in [0.2, 0.25) is 0 Å². The molecule has 3 N–H and O–H groups in total. The average Bonchev–Trinajstić information content (AvgIpc) is 3.51. The third kappa shape index (κ3) is 4.16. The Hall–Kier alpha value is -0.500. The van der Waals surface area contributed by atoms with Crippen molar-refractivity contribution in [1.82, 2.24) is 5.32 Å². The topological polar surface area (TPSA) is 38.0 Å². The van der Waals surface area contributed by atoms with Crippen LogP contribution in [0, 0.1) is 86.8 Å². The Labute approximate surface area is 254 Å². The van der Waals surface area contributed by atoms with E-state index in [-0.39, 0.29) is 0 Å². The monoisotopic (exact) mass is 563 g/mol. The molecule has 232 valence electrons. The molecule has 0 aromatic rings. The minimum atomic E-state index is 0.514. The maximum atomic E-state index is 6.19. The summed E-state index contributed by atoms with van der Waals surface area (Å²) in [5.74, 6) is 10.1. The molecular weight excluding hydrogens is 496 g/mol. The van der Waals surface area contributed by atoms with Crippen LogP contribution < -0.4 is 11.1 Å². The minimum Gasteiger partial charge on any atom is -0.403 e. The zero-order valence-electron chi connectivity index (χ0n) is 27.9. The van der Waals surface area contributed by atoms with Gasteiger partial charge in [0.15, 0.2) is 0 Å². The second-order valence-corrected chi connectivity index (χ2v) is 18.7. The van der Waals surface area contributed by atoms with E-state index in [1.165, 1.54) is 51.6 Å². The fourth-order valence-electron chi connectivity index (χ4n) is 15.2. The molecule has 7 fully saturated rings. The molecule has 7 rings (SSSR count). The molecular formula is C39H66N2. The molecule has 41 heavy (non-hydrogen) atoms. The number of allylic oxidation sites excluding steroid dienone is 1. The van der Waals surface area contributed by atoms with Crippen molar-refractivity contribution in [2.45, 2.75) is 131 Å². The van der Waals surface area contributed by atoms with Crippen LogP contribution in [0.1, 0.15) is 131 Å². The van der Waals surface area contributed by atoms with E-state index >= 15 is 0 Å². The van der Waals surface area contributed by atoms with Crippen molar-refractivity contribution in [3.8, 4) is 0 Å². The first-order valence-corrected chi connectivity index (χ1v) is 18.6. The molecule has 7 aliphatic rings. The number of hydrogen-bond acceptors (Lipinski definition) is 2. The fraction of sp³-hybridized carbons (Fsp3) is 0.949. The van der Waals surface area contributed by atoms with Gasteiger partial charge in [0.25, 0.3) is 0 Å². The van der Waals surface area contributed by atoms with Gasteiger partial charge in [-0.25, -0.2) is 0 Å². The van der Waals surface area contributed by atoms with Gasteiger partial charge in [0, 0.05) is 5.70 Å². The number of nitrogens with one attached hydrogen (secondary N) is 1. The Bertz CT molecular complexity index is 1010. The van der Waals surface area contributed by atoms with Crippen molar-refractivity contribution in [2.75, 3.05) is 13.1 Å². The fourth-order valence-corrected chi connectivity index (χ4v) is 15.2. The maximum Gasteiger partial charge on any atom is 0.00104 e. The third-order valence-corrected chi connectivity index (χ3v) is 16.9. The van der Waals surface area contributed by atoms with Gasteiger partial charge in [-0.3, -0.25) is 0 Å². The quantitative estimate of drug-likeness (QED) is 0.338. The number of nitrogens with two attached hydrogens (primary N) is 1. The van der Waals surface area contributed by atoms with Crippen molar-refractivity contribution >= 4 is 0 Å². The van der Waals surface area contributed by atoms with Gasteiger partial charge in [-0.15, -0.1) is 0 Å². The van der Waals surface area contributed by atoms with Gasteiger partial charge in [-0.1, -0.05) is 48.1 Å². The molecule has 1 saturated heterocycles. The smallest absolute Gasteiger partial charge is 0.00104 e. The van der Waals surface area contributed by atoms with E-state index in [2.05, 4.69) is 53.4 Å². The van der Waals surface area contributed by atoms with E-state index in [0.29, 0.717) is 16.2 Å². The summed E-state index contributed by atoms with van der Waals surface area (Å²) in [7, 11) is 0. The molecule has 0 aromatic carbocycles. The van der Waals surface area contributed by atoms with Crippen LogP contribution in [0.3, 0.4) is 0 Å². The molecule has 0 amide bonds. The lowest BCUT2D eigenvalue weighted by atomic mass is 9.44. The summed E-state index contributed by atoms with van der Waals surface area (Å²) in [5.41, 5.74) is 9.68. The average molecular weight is 563 g/mol. The highest BCUT2D eigenvalue weighted by molar-refractivity contribution is 5.29. The van der Waals surface area contributed by atoms with Crippen LogP contribution in [-0.4, -0.2) is 13.1 Å². The first kappa shape index (κ1) is 29.2. The van der Waals surface area contributed by atoms with Crippen LogP contribution in [0.4, 0.5) is 0 Å². The number of fused-ring (bicyclic) bond motifs is 4. The van der Waals surface area contributed by atoms with E-state index in [1.54, 1.807) is 44.9 Å². The minimum absolute atomic E-state index is 0.514. The Kier molecular flexibility index (Phi) is 7.13. The normalized spacial score (nSPS) is 51.4. The molecule has 2 spiro atoms. The van der Waals surface area contributed by atoms with Crippen LogP contribution in [0.15, 0.2) is 12.3 Å². The maximum absolute atomic E-state index is 6.19. The summed E-state index contributed by atoms with van der Waals surface area (Å²) >= 11 is 0. The van der Waals surface area contributed by atoms with Gasteiger partial charge < -0.3 is 11.1 Å². The highest BCUT2D eigenvalue weighted by Crippen LogP contribution is 2.88. The van der Waals surface area contributed by atoms with E-state index in [9.17, 15) is 0 Å². The zero-order valence-corrected chi connectivity index (χ0v) is 27.9. The molecule has 1 aliphatic heterocycles. The highest BCUT2D eigenvalue weighted by Gasteiger charge is 2.80. The molecule has 8 unspecified atom stereocenters. The Balaban J connectivity index is 1.09. The summed E-state index contributed by atoms with van der Waals surface area (Å²) in [4.78, 5) is 0. The van der Waals surface area contributed by atoms with Gasteiger partial charge in [0.1, 0.15) is 0 Å². The molecule has 0 aromatic heterocycles. The predicted molar refractivity (Wildman–Crippen MR) is 173 cm³/mol. The molecule has 2 nitrogen and oxygen atoms in total. The van der Waals surface area contributed by atoms with Crippen molar-refractivity contribution in [3.05, 3.63) is 12.3 Å². The summed E-state index contributed by atoms with van der Waals surface area (Å²) in [5, 5.41) is 3.75. The van der Waals surface area contributed by atoms with Crippen LogP contribution in [0.5, 0.6) is 0 Å². The molecule has 2 heteroatoms. The van der Waals surface area contributed by atoms with Crippen molar-refractivity contribution < 1.29 is 0 Å². The van der Waals surface area contributed by atoms with Gasteiger partial charge >= 0.3 is 0 Å². The van der Waals surface area contributed by atoms with E-state index < -0.39 is 0 Å². The van der Waals surface area contributed by atoms with Crippen LogP contribution in [0.25, 0.3) is 0 Å². The largest absolute Gasteiger partial charge is 0.403 e. The van der Waals surface area contributed by atoms with Gasteiger partial charge in [-0.2, -0.15) is 0 Å². The van der Waals surface area contributed by atoms with Gasteiger partial charge in [0.05, 0.1) is 0 Å². The SMILES string of the molecule is C=C(N)C[C@H](C(C)C)C1CCC2C(C1)CC1[C@@H]3CCC4C(C)(C)[C@@H](C(C)C5CCCNC5)CC[C@@]45CC35CC[C@]21C. The number of hydrogen-bond donors (Lipinski definition) is 2. The second-order valence-electron chi connectivity index (χ2n) is 18.7. The van der Waals surface area contributed by atoms with Crippen LogP contribution >= 0.6 is 0 Å². The summed E-state index contributed by atoms with van der Waals surface area (Å²) in [6, 6.07) is 0. The third-order valence-electron chi connectivity index (χ3n) is 16.9. The Morgan fingerprint density at radius 3 is 2.34 bits per heavy atom. The second kappa shape index (κ2) is 10.0. The molecule has 1 heterocycles. The highest BCUT2D eigenvalue weighted by atomic mass is 14.9. The Morgan fingerprint density at radius 1 is 0.854 bits per heavy atom. The zero-order chi connectivity index (χ0) is 28.9. The lowest BCUT2D eigenvalue weighted by Crippen LogP contribution is -2.54. The van der Waals surface area contributed by atoms with E-state index in [1.807, 2.05) is 0 Å². The lowest BCUT2D eigenvalue weighted by Gasteiger charge is -2.61. The molecule has 0 bridgehead atoms. The standard InChI is InChI=1S/C39H66N2/c1-24(2)30(19-25(3)40)27-10-11-32-29(20-27)21-34-33-12-13-35-36(5,6)31(26(4)28-9-8-18-41-22-28)14-15-39(35)23-38(33,39)17-16-37(32,34)7/h24,26-35,41H,3,8-23,40H2,1-2,4-7H3/t26?,27?,28?,29?,30-,31-,32?,33+,34?,35?,37-,38?,39-/m1/s1. The Morgan fingerprint density at radius 2 is 1.63 bits per heavy atom. The number of piperidine rings is 1. The first-order valence-electron chi connectivity index (χ1n) is 18.6. The first-order chi connectivity index (χ1) is 19.4. The molecule has 6 aliphatic carbocycles. The van der Waals surface area contributed by atoms with Crippen molar-refractivity contribution in [3.63, 3.8) is 0 Å². The van der Waals surface area contributed by atoms with Crippen molar-refractivity contribution in [2.24, 2.45) is 92.5 Å². The van der Waals surface area contributed by atoms with Crippen molar-refractivity contribution in [1.29, 1.82) is 0 Å². The van der Waals surface area contributed by atoms with Crippen LogP contribution in [-0.2, 0) is 0 Å². The van der Waals surface area contributed by atoms with Gasteiger partial charge in [0.2, 0.25) is 0 Å². The summed E-state index contributed by atoms with van der Waals surface area (Å²) < 4.78 is 0. The number of rotatable bonds is 6.